The number of aryl methyl sites for hydroxylation is 2. The molecule has 1 aromatic heterocycles. The second-order valence-corrected chi connectivity index (χ2v) is 7.05. The van der Waals surface area contributed by atoms with Gasteiger partial charge >= 0.3 is 0 Å². The van der Waals surface area contributed by atoms with Gasteiger partial charge in [-0.3, -0.25) is 4.79 Å². The van der Waals surface area contributed by atoms with Crippen LogP contribution in [0.5, 0.6) is 0 Å². The zero-order valence-electron chi connectivity index (χ0n) is 12.9. The summed E-state index contributed by atoms with van der Waals surface area (Å²) in [6, 6.07) is 8.34. The Morgan fingerprint density at radius 2 is 1.91 bits per heavy atom. The molecule has 0 fully saturated rings. The molecule has 1 atom stereocenters. The molecule has 1 unspecified atom stereocenters. The average molecular weight is 317 g/mol. The fourth-order valence-electron chi connectivity index (χ4n) is 2.91. The van der Waals surface area contributed by atoms with Crippen molar-refractivity contribution in [2.45, 2.75) is 38.6 Å². The molecule has 0 radical (unpaired) electrons. The highest BCUT2D eigenvalue weighted by molar-refractivity contribution is 7.14. The van der Waals surface area contributed by atoms with Crippen molar-refractivity contribution in [3.63, 3.8) is 0 Å². The van der Waals surface area contributed by atoms with E-state index in [1.165, 1.54) is 35.4 Å². The highest BCUT2D eigenvalue weighted by Gasteiger charge is 2.23. The molecule has 0 N–H and O–H groups in total. The number of amides is 1. The van der Waals surface area contributed by atoms with Crippen molar-refractivity contribution in [2.24, 2.45) is 0 Å². The van der Waals surface area contributed by atoms with Crippen LogP contribution in [-0.2, 0) is 12.8 Å². The van der Waals surface area contributed by atoms with E-state index in [9.17, 15) is 9.18 Å². The molecule has 0 aliphatic heterocycles. The Morgan fingerprint density at radius 1 is 1.23 bits per heavy atom. The fourth-order valence-corrected chi connectivity index (χ4v) is 4.15. The lowest BCUT2D eigenvalue weighted by molar-refractivity contribution is 0.0747. The first-order chi connectivity index (χ1) is 10.6. The summed E-state index contributed by atoms with van der Waals surface area (Å²) in [5.74, 6) is -0.202. The molecule has 0 saturated carbocycles. The Bertz CT molecular complexity index is 653. The van der Waals surface area contributed by atoms with E-state index < -0.39 is 0 Å². The maximum Gasteiger partial charge on any atom is 0.264 e. The maximum atomic E-state index is 13.0. The minimum atomic E-state index is -0.254. The van der Waals surface area contributed by atoms with E-state index in [1.807, 2.05) is 14.0 Å². The van der Waals surface area contributed by atoms with Crippen molar-refractivity contribution in [2.75, 3.05) is 7.05 Å². The molecule has 1 aliphatic carbocycles. The van der Waals surface area contributed by atoms with Gasteiger partial charge < -0.3 is 4.90 Å². The average Bonchev–Trinajstić information content (AvgIpc) is 2.97. The number of rotatable bonds is 3. The number of benzene rings is 1. The smallest absolute Gasteiger partial charge is 0.264 e. The summed E-state index contributed by atoms with van der Waals surface area (Å²) in [5, 5.41) is 0. The number of nitrogens with zero attached hydrogens (tertiary/aromatic N) is 1. The largest absolute Gasteiger partial charge is 0.334 e. The van der Waals surface area contributed by atoms with Gasteiger partial charge in [0.2, 0.25) is 0 Å². The highest BCUT2D eigenvalue weighted by atomic mass is 32.1. The normalized spacial score (nSPS) is 15.2. The maximum absolute atomic E-state index is 13.0. The third kappa shape index (κ3) is 2.93. The van der Waals surface area contributed by atoms with Crippen LogP contribution < -0.4 is 0 Å². The Labute approximate surface area is 134 Å². The van der Waals surface area contributed by atoms with Gasteiger partial charge in [-0.15, -0.1) is 11.3 Å². The van der Waals surface area contributed by atoms with Crippen LogP contribution in [-0.4, -0.2) is 17.9 Å². The predicted octanol–water partition coefficient (Wildman–Crippen LogP) is 4.60. The molecule has 0 saturated heterocycles. The number of hydrogen-bond donors (Lipinski definition) is 0. The quantitative estimate of drug-likeness (QED) is 0.810. The highest BCUT2D eigenvalue weighted by Crippen LogP contribution is 2.31. The minimum Gasteiger partial charge on any atom is -0.334 e. The van der Waals surface area contributed by atoms with Gasteiger partial charge in [0.25, 0.3) is 5.91 Å². The van der Waals surface area contributed by atoms with E-state index in [-0.39, 0.29) is 17.8 Å². The molecular weight excluding hydrogens is 297 g/mol. The number of thiophene rings is 1. The second kappa shape index (κ2) is 6.21. The van der Waals surface area contributed by atoms with E-state index in [1.54, 1.807) is 28.4 Å². The first kappa shape index (κ1) is 15.2. The van der Waals surface area contributed by atoms with Crippen molar-refractivity contribution < 1.29 is 9.18 Å². The van der Waals surface area contributed by atoms with Crippen LogP contribution in [0, 0.1) is 5.82 Å². The van der Waals surface area contributed by atoms with E-state index in [0.29, 0.717) is 0 Å². The first-order valence-electron chi connectivity index (χ1n) is 7.70. The minimum absolute atomic E-state index is 0.0521. The predicted molar refractivity (Wildman–Crippen MR) is 87.9 cm³/mol. The summed E-state index contributed by atoms with van der Waals surface area (Å²) in [6.07, 6.45) is 4.64. The van der Waals surface area contributed by atoms with Crippen LogP contribution in [0.15, 0.2) is 30.3 Å². The SMILES string of the molecule is CC(c1ccc(F)cc1)N(C)C(=O)c1cc2c(s1)CCCC2. The molecule has 0 spiro atoms. The summed E-state index contributed by atoms with van der Waals surface area (Å²) < 4.78 is 13.0. The monoisotopic (exact) mass is 317 g/mol. The van der Waals surface area contributed by atoms with Gasteiger partial charge in [0.05, 0.1) is 10.9 Å². The summed E-state index contributed by atoms with van der Waals surface area (Å²) in [7, 11) is 1.81. The van der Waals surface area contributed by atoms with E-state index in [2.05, 4.69) is 6.07 Å². The number of halogens is 1. The summed E-state index contributed by atoms with van der Waals surface area (Å²) in [6.45, 7) is 1.97. The molecule has 1 heterocycles. The van der Waals surface area contributed by atoms with E-state index >= 15 is 0 Å². The van der Waals surface area contributed by atoms with Crippen LogP contribution >= 0.6 is 11.3 Å². The van der Waals surface area contributed by atoms with Gasteiger partial charge in [-0.25, -0.2) is 4.39 Å². The topological polar surface area (TPSA) is 20.3 Å². The molecule has 2 aromatic rings. The molecule has 1 aliphatic rings. The van der Waals surface area contributed by atoms with Crippen LogP contribution in [0.2, 0.25) is 0 Å². The zero-order chi connectivity index (χ0) is 15.7. The van der Waals surface area contributed by atoms with Gasteiger partial charge in [-0.05, 0) is 61.9 Å². The summed E-state index contributed by atoms with van der Waals surface area (Å²) >= 11 is 1.64. The third-order valence-electron chi connectivity index (χ3n) is 4.46. The lowest BCUT2D eigenvalue weighted by Gasteiger charge is -2.24. The van der Waals surface area contributed by atoms with Crippen LogP contribution in [0.4, 0.5) is 4.39 Å². The molecule has 1 aromatic carbocycles. The Morgan fingerprint density at radius 3 is 2.59 bits per heavy atom. The number of fused-ring (bicyclic) bond motifs is 1. The molecule has 3 rings (SSSR count). The number of hydrogen-bond acceptors (Lipinski definition) is 2. The molecule has 2 nitrogen and oxygen atoms in total. The van der Waals surface area contributed by atoms with Crippen LogP contribution in [0.25, 0.3) is 0 Å². The van der Waals surface area contributed by atoms with Crippen LogP contribution in [0.1, 0.15) is 51.5 Å². The summed E-state index contributed by atoms with van der Waals surface area (Å²) in [4.78, 5) is 16.6. The van der Waals surface area contributed by atoms with E-state index in [4.69, 9.17) is 0 Å². The molecular formula is C18H20FNOS. The van der Waals surface area contributed by atoms with Crippen molar-refractivity contribution >= 4 is 17.2 Å². The molecule has 22 heavy (non-hydrogen) atoms. The van der Waals surface area contributed by atoms with Gasteiger partial charge in [-0.1, -0.05) is 12.1 Å². The van der Waals surface area contributed by atoms with Gasteiger partial charge in [0, 0.05) is 11.9 Å². The van der Waals surface area contributed by atoms with Crippen LogP contribution in [0.3, 0.4) is 0 Å². The van der Waals surface area contributed by atoms with E-state index in [0.717, 1.165) is 23.3 Å². The molecule has 4 heteroatoms. The van der Waals surface area contributed by atoms with Crippen molar-refractivity contribution in [1.82, 2.24) is 4.90 Å². The molecule has 116 valence electrons. The number of carbonyl (C=O) groups excluding carboxylic acids is 1. The third-order valence-corrected chi connectivity index (χ3v) is 5.69. The zero-order valence-corrected chi connectivity index (χ0v) is 13.8. The van der Waals surface area contributed by atoms with Gasteiger partial charge in [0.1, 0.15) is 5.82 Å². The van der Waals surface area contributed by atoms with Gasteiger partial charge in [-0.2, -0.15) is 0 Å². The molecule has 1 amide bonds. The van der Waals surface area contributed by atoms with Crippen molar-refractivity contribution in [3.8, 4) is 0 Å². The van der Waals surface area contributed by atoms with Crippen molar-refractivity contribution in [3.05, 3.63) is 57.0 Å². The summed E-state index contributed by atoms with van der Waals surface area (Å²) in [5.41, 5.74) is 2.29. The molecule has 0 bridgehead atoms. The van der Waals surface area contributed by atoms with Gasteiger partial charge in [0.15, 0.2) is 0 Å². The Kier molecular flexibility index (Phi) is 4.30. The first-order valence-corrected chi connectivity index (χ1v) is 8.52. The lowest BCUT2D eigenvalue weighted by Crippen LogP contribution is -2.29. The Balaban J connectivity index is 1.78. The number of carbonyl (C=O) groups is 1. The van der Waals surface area contributed by atoms with Crippen molar-refractivity contribution in [1.29, 1.82) is 0 Å². The second-order valence-electron chi connectivity index (χ2n) is 5.91. The fraction of sp³-hybridized carbons (Fsp3) is 0.389. The Hall–Kier alpha value is -1.68. The lowest BCUT2D eigenvalue weighted by atomic mass is 9.99. The standard InChI is InChI=1S/C18H20FNOS/c1-12(13-7-9-15(19)10-8-13)20(2)18(21)17-11-14-5-3-4-6-16(14)22-17/h7-12H,3-6H2,1-2H3.